The number of nitrogens with zero attached hydrogens (tertiary/aromatic N) is 6. The Labute approximate surface area is 285 Å². The molecule has 0 bridgehead atoms. The number of aromatic nitrogens is 4. The third kappa shape index (κ3) is 6.83. The highest BCUT2D eigenvalue weighted by Gasteiger charge is 2.29. The van der Waals surface area contributed by atoms with Gasteiger partial charge in [0.05, 0.1) is 44.5 Å². The van der Waals surface area contributed by atoms with Crippen LogP contribution in [-0.4, -0.2) is 43.5 Å². The summed E-state index contributed by atoms with van der Waals surface area (Å²) in [6.07, 6.45) is 5.48. The summed E-state index contributed by atoms with van der Waals surface area (Å²) in [6.45, 7) is 8.75. The van der Waals surface area contributed by atoms with E-state index in [0.29, 0.717) is 48.0 Å². The van der Waals surface area contributed by atoms with Crippen LogP contribution in [0, 0.1) is 17.1 Å². The van der Waals surface area contributed by atoms with E-state index in [1.165, 1.54) is 12.3 Å². The number of nitrogens with one attached hydrogen (secondary N) is 2. The Morgan fingerprint density at radius 1 is 1.04 bits per heavy atom. The number of piperidine rings is 1. The molecule has 8 nitrogen and oxygen atoms in total. The molecule has 1 aliphatic rings. The third-order valence-corrected chi connectivity index (χ3v) is 9.51. The van der Waals surface area contributed by atoms with Crippen molar-refractivity contribution < 1.29 is 4.39 Å². The van der Waals surface area contributed by atoms with Crippen LogP contribution in [-0.2, 0) is 0 Å². The Morgan fingerprint density at radius 3 is 2.46 bits per heavy atom. The van der Waals surface area contributed by atoms with Crippen molar-refractivity contribution in [1.82, 2.24) is 24.9 Å². The van der Waals surface area contributed by atoms with E-state index in [9.17, 15) is 9.65 Å². The summed E-state index contributed by atoms with van der Waals surface area (Å²) >= 11 is 16.3. The molecular weight excluding hydrogens is 690 g/mol. The molecule has 2 aromatic heterocycles. The third-order valence-electron chi connectivity index (χ3n) is 8.36. The number of hydrogen-bond donors (Lipinski definition) is 2. The molecule has 236 valence electrons. The first-order valence-corrected chi connectivity index (χ1v) is 16.5. The second-order valence-electron chi connectivity index (χ2n) is 12.4. The standard InChI is InChI=1S/C34H32BrCl2FN8/c1-34(2,3)45-12-10-25(11-13-45)46-19-30(43-44-46)32(20-4-6-22(36)7-5-20)42-24-14-26-31(41-23-8-9-29(38)27(35)15-23)21(17-39)18-40-33(26)28(37)16-24/h4-9,14-16,18-19,25,32,42H,10-13H2,1-3H3,(H,40,41)/t32-/m0/s1. The summed E-state index contributed by atoms with van der Waals surface area (Å²) < 4.78 is 16.2. The van der Waals surface area contributed by atoms with E-state index in [1.807, 2.05) is 41.2 Å². The highest BCUT2D eigenvalue weighted by Crippen LogP contribution is 2.37. The molecule has 12 heteroatoms. The van der Waals surface area contributed by atoms with Crippen LogP contribution in [0.15, 0.2) is 71.5 Å². The quantitative estimate of drug-likeness (QED) is 0.173. The number of likely N-dealkylation sites (tertiary alicyclic amines) is 1. The number of rotatable bonds is 7. The van der Waals surface area contributed by atoms with Crippen LogP contribution in [0.25, 0.3) is 10.9 Å². The van der Waals surface area contributed by atoms with Crippen molar-refractivity contribution in [3.05, 3.63) is 104 Å². The fourth-order valence-corrected chi connectivity index (χ4v) is 6.61. The van der Waals surface area contributed by atoms with Crippen LogP contribution in [0.2, 0.25) is 10.0 Å². The van der Waals surface area contributed by atoms with Gasteiger partial charge in [-0.05, 0) is 97.6 Å². The van der Waals surface area contributed by atoms with Crippen LogP contribution in [0.4, 0.5) is 21.5 Å². The van der Waals surface area contributed by atoms with Gasteiger partial charge in [0, 0.05) is 46.6 Å². The first-order chi connectivity index (χ1) is 22.0. The van der Waals surface area contributed by atoms with Gasteiger partial charge < -0.3 is 10.6 Å². The molecule has 2 N–H and O–H groups in total. The largest absolute Gasteiger partial charge is 0.373 e. The van der Waals surface area contributed by atoms with E-state index < -0.39 is 0 Å². The molecule has 0 amide bonds. The minimum absolute atomic E-state index is 0.137. The number of halogens is 4. The van der Waals surface area contributed by atoms with Crippen molar-refractivity contribution in [2.75, 3.05) is 23.7 Å². The fourth-order valence-electron chi connectivity index (χ4n) is 5.83. The second-order valence-corrected chi connectivity index (χ2v) is 14.1. The zero-order valence-electron chi connectivity index (χ0n) is 25.5. The molecule has 1 atom stereocenters. The van der Waals surface area contributed by atoms with Gasteiger partial charge in [-0.25, -0.2) is 9.07 Å². The number of benzene rings is 3. The maximum atomic E-state index is 13.9. The lowest BCUT2D eigenvalue weighted by Gasteiger charge is -2.40. The molecule has 3 aromatic carbocycles. The topological polar surface area (TPSA) is 94.7 Å². The van der Waals surface area contributed by atoms with E-state index in [0.717, 1.165) is 37.2 Å². The molecule has 5 aromatic rings. The van der Waals surface area contributed by atoms with Crippen molar-refractivity contribution in [3.63, 3.8) is 0 Å². The van der Waals surface area contributed by atoms with Crippen molar-refractivity contribution >= 4 is 67.1 Å². The number of nitriles is 1. The van der Waals surface area contributed by atoms with Gasteiger partial charge in [-0.3, -0.25) is 9.88 Å². The molecule has 0 saturated carbocycles. The molecule has 1 saturated heterocycles. The first-order valence-electron chi connectivity index (χ1n) is 14.9. The Kier molecular flexibility index (Phi) is 9.22. The molecule has 1 aliphatic heterocycles. The van der Waals surface area contributed by atoms with Crippen LogP contribution in [0.3, 0.4) is 0 Å². The summed E-state index contributed by atoms with van der Waals surface area (Å²) in [5.41, 5.74) is 4.44. The van der Waals surface area contributed by atoms with Gasteiger partial charge in [0.25, 0.3) is 0 Å². The van der Waals surface area contributed by atoms with E-state index >= 15 is 0 Å². The lowest BCUT2D eigenvalue weighted by molar-refractivity contribution is 0.0866. The smallest absolute Gasteiger partial charge is 0.137 e. The molecule has 6 rings (SSSR count). The van der Waals surface area contributed by atoms with Gasteiger partial charge in [-0.1, -0.05) is 40.5 Å². The average molecular weight is 722 g/mol. The number of hydrogen-bond acceptors (Lipinski definition) is 7. The minimum Gasteiger partial charge on any atom is -0.373 e. The molecule has 0 radical (unpaired) electrons. The van der Waals surface area contributed by atoms with E-state index in [-0.39, 0.29) is 23.4 Å². The minimum atomic E-state index is -0.388. The summed E-state index contributed by atoms with van der Waals surface area (Å²) in [5, 5.41) is 27.7. The maximum absolute atomic E-state index is 13.9. The average Bonchev–Trinajstić information content (AvgIpc) is 3.52. The van der Waals surface area contributed by atoms with E-state index in [1.54, 1.807) is 18.2 Å². The molecular formula is C34H32BrCl2FN8. The van der Waals surface area contributed by atoms with Crippen LogP contribution >= 0.6 is 39.1 Å². The maximum Gasteiger partial charge on any atom is 0.137 e. The summed E-state index contributed by atoms with van der Waals surface area (Å²) in [6, 6.07) is 17.9. The van der Waals surface area contributed by atoms with Gasteiger partial charge in [-0.2, -0.15) is 5.26 Å². The second kappa shape index (κ2) is 13.2. The predicted molar refractivity (Wildman–Crippen MR) is 185 cm³/mol. The lowest BCUT2D eigenvalue weighted by Crippen LogP contribution is -2.46. The summed E-state index contributed by atoms with van der Waals surface area (Å²) in [4.78, 5) is 6.98. The molecule has 1 fully saturated rings. The fraction of sp³-hybridized carbons (Fsp3) is 0.294. The van der Waals surface area contributed by atoms with Crippen molar-refractivity contribution in [3.8, 4) is 6.07 Å². The zero-order valence-corrected chi connectivity index (χ0v) is 28.6. The van der Waals surface area contributed by atoms with Crippen molar-refractivity contribution in [1.29, 1.82) is 5.26 Å². The molecule has 0 unspecified atom stereocenters. The van der Waals surface area contributed by atoms with Gasteiger partial charge in [0.1, 0.15) is 17.6 Å². The molecule has 0 aliphatic carbocycles. The van der Waals surface area contributed by atoms with E-state index in [4.69, 9.17) is 23.2 Å². The number of pyridine rings is 1. The Bertz CT molecular complexity index is 1930. The van der Waals surface area contributed by atoms with Gasteiger partial charge in [0.2, 0.25) is 0 Å². The molecule has 46 heavy (non-hydrogen) atoms. The van der Waals surface area contributed by atoms with Crippen LogP contribution in [0.5, 0.6) is 0 Å². The number of fused-ring (bicyclic) bond motifs is 1. The monoisotopic (exact) mass is 720 g/mol. The lowest BCUT2D eigenvalue weighted by atomic mass is 9.98. The normalized spacial score (nSPS) is 15.1. The predicted octanol–water partition coefficient (Wildman–Crippen LogP) is 9.29. The highest BCUT2D eigenvalue weighted by atomic mass is 79.9. The molecule has 0 spiro atoms. The van der Waals surface area contributed by atoms with Crippen molar-refractivity contribution in [2.45, 2.75) is 51.2 Å². The van der Waals surface area contributed by atoms with Gasteiger partial charge >= 0.3 is 0 Å². The zero-order chi connectivity index (χ0) is 32.6. The van der Waals surface area contributed by atoms with E-state index in [2.05, 4.69) is 73.6 Å². The Hall–Kier alpha value is -3.75. The first kappa shape index (κ1) is 32.2. The summed E-state index contributed by atoms with van der Waals surface area (Å²) in [7, 11) is 0. The Balaban J connectivity index is 1.36. The summed E-state index contributed by atoms with van der Waals surface area (Å²) in [5.74, 6) is -0.388. The number of anilines is 3. The van der Waals surface area contributed by atoms with Gasteiger partial charge in [0.15, 0.2) is 0 Å². The SMILES string of the molecule is CC(C)(C)N1CCC(n2cc([C@@H](Nc3cc(Cl)c4ncc(C#N)c(Nc5ccc(F)c(Br)c5)c4c3)c3ccc(Cl)cc3)nn2)CC1. The molecule has 3 heterocycles. The van der Waals surface area contributed by atoms with Crippen LogP contribution in [0.1, 0.15) is 62.5 Å². The van der Waals surface area contributed by atoms with Gasteiger partial charge in [-0.15, -0.1) is 5.10 Å². The van der Waals surface area contributed by atoms with Crippen LogP contribution < -0.4 is 10.6 Å². The highest BCUT2D eigenvalue weighted by molar-refractivity contribution is 9.10. The Morgan fingerprint density at radius 2 is 1.78 bits per heavy atom. The van der Waals surface area contributed by atoms with Crippen molar-refractivity contribution in [2.24, 2.45) is 0 Å².